The highest BCUT2D eigenvalue weighted by Crippen LogP contribution is 2.28. The fourth-order valence-electron chi connectivity index (χ4n) is 2.97. The minimum Gasteiger partial charge on any atom is -0.488 e. The van der Waals surface area contributed by atoms with Gasteiger partial charge in [-0.05, 0) is 71.0 Å². The summed E-state index contributed by atoms with van der Waals surface area (Å²) in [6.07, 6.45) is 2.63. The Morgan fingerprint density at radius 1 is 1.04 bits per heavy atom. The number of halogens is 1. The van der Waals surface area contributed by atoms with Gasteiger partial charge in [0.1, 0.15) is 12.4 Å². The van der Waals surface area contributed by atoms with Crippen molar-refractivity contribution < 1.29 is 4.74 Å². The Kier molecular flexibility index (Phi) is 5.74. The van der Waals surface area contributed by atoms with Gasteiger partial charge in [-0.25, -0.2) is 0 Å². The first-order valence-corrected chi connectivity index (χ1v) is 9.17. The van der Waals surface area contributed by atoms with Gasteiger partial charge in [0.15, 0.2) is 0 Å². The summed E-state index contributed by atoms with van der Waals surface area (Å²) in [4.78, 5) is 2.55. The summed E-state index contributed by atoms with van der Waals surface area (Å²) in [5.74, 6) is 1.80. The molecule has 2 aromatic carbocycles. The van der Waals surface area contributed by atoms with Gasteiger partial charge in [0.2, 0.25) is 0 Å². The molecule has 2 nitrogen and oxygen atoms in total. The molecular formula is C20H24BrNO. The van der Waals surface area contributed by atoms with E-state index in [1.54, 1.807) is 0 Å². The number of hydrogen-bond acceptors (Lipinski definition) is 2. The van der Waals surface area contributed by atoms with Gasteiger partial charge in [-0.2, -0.15) is 0 Å². The van der Waals surface area contributed by atoms with Gasteiger partial charge in [-0.3, -0.25) is 4.90 Å². The topological polar surface area (TPSA) is 12.5 Å². The van der Waals surface area contributed by atoms with Gasteiger partial charge in [-0.15, -0.1) is 0 Å². The summed E-state index contributed by atoms with van der Waals surface area (Å²) in [6, 6.07) is 16.8. The van der Waals surface area contributed by atoms with E-state index in [9.17, 15) is 0 Å². The van der Waals surface area contributed by atoms with Crippen LogP contribution in [-0.2, 0) is 13.2 Å². The summed E-state index contributed by atoms with van der Waals surface area (Å²) in [5, 5.41) is 0. The van der Waals surface area contributed by atoms with Crippen molar-refractivity contribution >= 4 is 15.9 Å². The van der Waals surface area contributed by atoms with Gasteiger partial charge in [0, 0.05) is 6.54 Å². The molecule has 0 radical (unpaired) electrons. The van der Waals surface area contributed by atoms with Crippen LogP contribution in [0.1, 0.15) is 30.9 Å². The molecule has 1 aliphatic heterocycles. The van der Waals surface area contributed by atoms with E-state index in [0.717, 1.165) is 22.7 Å². The minimum atomic E-state index is 0.601. The summed E-state index contributed by atoms with van der Waals surface area (Å²) in [5.41, 5.74) is 2.51. The molecule has 0 aliphatic carbocycles. The largest absolute Gasteiger partial charge is 0.488 e. The molecule has 1 saturated heterocycles. The molecule has 0 unspecified atom stereocenters. The maximum absolute atomic E-state index is 6.00. The van der Waals surface area contributed by atoms with E-state index in [4.69, 9.17) is 4.74 Å². The summed E-state index contributed by atoms with van der Waals surface area (Å²) < 4.78 is 7.02. The standard InChI is InChI=1S/C20H24BrNO/c1-16-9-11-22(12-10-16)14-18-7-8-19(21)20(13-18)23-15-17-5-3-2-4-6-17/h2-8,13,16H,9-12,14-15H2,1H3. The van der Waals surface area contributed by atoms with E-state index >= 15 is 0 Å². The molecule has 122 valence electrons. The molecule has 23 heavy (non-hydrogen) atoms. The summed E-state index contributed by atoms with van der Waals surface area (Å²) >= 11 is 3.60. The van der Waals surface area contributed by atoms with E-state index in [1.165, 1.54) is 37.1 Å². The highest BCUT2D eigenvalue weighted by molar-refractivity contribution is 9.10. The van der Waals surface area contributed by atoms with Gasteiger partial charge in [0.25, 0.3) is 0 Å². The number of likely N-dealkylation sites (tertiary alicyclic amines) is 1. The molecule has 1 fully saturated rings. The number of ether oxygens (including phenoxy) is 1. The molecule has 2 aromatic rings. The van der Waals surface area contributed by atoms with Crippen molar-refractivity contribution in [2.24, 2.45) is 5.92 Å². The van der Waals surface area contributed by atoms with Crippen molar-refractivity contribution in [1.82, 2.24) is 4.90 Å². The number of hydrogen-bond donors (Lipinski definition) is 0. The zero-order valence-electron chi connectivity index (χ0n) is 13.7. The minimum absolute atomic E-state index is 0.601. The summed E-state index contributed by atoms with van der Waals surface area (Å²) in [6.45, 7) is 6.38. The molecular weight excluding hydrogens is 350 g/mol. The average Bonchev–Trinajstić information content (AvgIpc) is 2.58. The number of rotatable bonds is 5. The fraction of sp³-hybridized carbons (Fsp3) is 0.400. The molecule has 0 spiro atoms. The normalized spacial score (nSPS) is 16.4. The second kappa shape index (κ2) is 7.98. The number of piperidine rings is 1. The molecule has 3 rings (SSSR count). The maximum Gasteiger partial charge on any atom is 0.134 e. The average molecular weight is 374 g/mol. The lowest BCUT2D eigenvalue weighted by Crippen LogP contribution is -2.32. The van der Waals surface area contributed by atoms with Crippen molar-refractivity contribution in [3.05, 3.63) is 64.1 Å². The Morgan fingerprint density at radius 2 is 1.78 bits per heavy atom. The molecule has 0 saturated carbocycles. The van der Waals surface area contributed by atoms with Gasteiger partial charge < -0.3 is 4.74 Å². The second-order valence-corrected chi connectivity index (χ2v) is 7.35. The van der Waals surface area contributed by atoms with Crippen LogP contribution in [0.3, 0.4) is 0 Å². The molecule has 0 atom stereocenters. The van der Waals surface area contributed by atoms with E-state index < -0.39 is 0 Å². The molecule has 3 heteroatoms. The predicted octanol–water partition coefficient (Wildman–Crippen LogP) is 5.26. The first kappa shape index (κ1) is 16.5. The lowest BCUT2D eigenvalue weighted by atomic mass is 9.99. The molecule has 1 heterocycles. The van der Waals surface area contributed by atoms with Crippen LogP contribution in [0.25, 0.3) is 0 Å². The van der Waals surface area contributed by atoms with Crippen LogP contribution in [0.15, 0.2) is 53.0 Å². The third-order valence-electron chi connectivity index (χ3n) is 4.52. The monoisotopic (exact) mass is 373 g/mol. The maximum atomic E-state index is 6.00. The Hall–Kier alpha value is -1.32. The zero-order chi connectivity index (χ0) is 16.1. The highest BCUT2D eigenvalue weighted by atomic mass is 79.9. The Labute approximate surface area is 147 Å². The molecule has 1 aliphatic rings. The van der Waals surface area contributed by atoms with Crippen LogP contribution in [0, 0.1) is 5.92 Å². The number of benzene rings is 2. The van der Waals surface area contributed by atoms with Crippen molar-refractivity contribution in [2.75, 3.05) is 13.1 Å². The molecule has 0 bridgehead atoms. The van der Waals surface area contributed by atoms with E-state index in [2.05, 4.69) is 58.1 Å². The second-order valence-electron chi connectivity index (χ2n) is 6.50. The van der Waals surface area contributed by atoms with Crippen LogP contribution in [0.2, 0.25) is 0 Å². The van der Waals surface area contributed by atoms with Crippen molar-refractivity contribution in [3.63, 3.8) is 0 Å². The van der Waals surface area contributed by atoms with Gasteiger partial charge >= 0.3 is 0 Å². The van der Waals surface area contributed by atoms with Crippen molar-refractivity contribution in [1.29, 1.82) is 0 Å². The van der Waals surface area contributed by atoms with Crippen LogP contribution >= 0.6 is 15.9 Å². The van der Waals surface area contributed by atoms with Crippen molar-refractivity contribution in [3.8, 4) is 5.75 Å². The van der Waals surface area contributed by atoms with E-state index in [-0.39, 0.29) is 0 Å². The molecule has 0 amide bonds. The Balaban J connectivity index is 1.62. The SMILES string of the molecule is CC1CCN(Cc2ccc(Br)c(OCc3ccccc3)c2)CC1. The zero-order valence-corrected chi connectivity index (χ0v) is 15.3. The smallest absolute Gasteiger partial charge is 0.134 e. The van der Waals surface area contributed by atoms with Crippen LogP contribution in [-0.4, -0.2) is 18.0 Å². The number of nitrogens with zero attached hydrogens (tertiary/aromatic N) is 1. The third-order valence-corrected chi connectivity index (χ3v) is 5.17. The lowest BCUT2D eigenvalue weighted by molar-refractivity contribution is 0.185. The van der Waals surface area contributed by atoms with Crippen LogP contribution in [0.4, 0.5) is 0 Å². The quantitative estimate of drug-likeness (QED) is 0.708. The van der Waals surface area contributed by atoms with Crippen LogP contribution in [0.5, 0.6) is 5.75 Å². The highest BCUT2D eigenvalue weighted by Gasteiger charge is 2.16. The molecule has 0 N–H and O–H groups in total. The van der Waals surface area contributed by atoms with E-state index in [1.807, 2.05) is 18.2 Å². The lowest BCUT2D eigenvalue weighted by Gasteiger charge is -2.30. The van der Waals surface area contributed by atoms with Crippen LogP contribution < -0.4 is 4.74 Å². The van der Waals surface area contributed by atoms with Gasteiger partial charge in [-0.1, -0.05) is 43.3 Å². The Bertz CT molecular complexity index is 621. The molecule has 0 aromatic heterocycles. The van der Waals surface area contributed by atoms with Gasteiger partial charge in [0.05, 0.1) is 4.47 Å². The summed E-state index contributed by atoms with van der Waals surface area (Å²) in [7, 11) is 0. The van der Waals surface area contributed by atoms with Crippen molar-refractivity contribution in [2.45, 2.75) is 32.9 Å². The Morgan fingerprint density at radius 3 is 2.52 bits per heavy atom. The predicted molar refractivity (Wildman–Crippen MR) is 98.6 cm³/mol. The fourth-order valence-corrected chi connectivity index (χ4v) is 3.33. The van der Waals surface area contributed by atoms with E-state index in [0.29, 0.717) is 6.61 Å². The third kappa shape index (κ3) is 4.82. The first-order valence-electron chi connectivity index (χ1n) is 8.38. The first-order chi connectivity index (χ1) is 11.2.